The first kappa shape index (κ1) is 21.5. The molecule has 0 spiro atoms. The normalized spacial score (nSPS) is 11.3. The summed E-state index contributed by atoms with van der Waals surface area (Å²) in [6.07, 6.45) is 1.90. The van der Waals surface area contributed by atoms with Crippen molar-refractivity contribution in [2.45, 2.75) is 26.9 Å². The second-order valence-corrected chi connectivity index (χ2v) is 8.36. The Balaban J connectivity index is 1.94. The molecule has 32 heavy (non-hydrogen) atoms. The number of nitrogens with one attached hydrogen (secondary N) is 1. The average molecular weight is 433 g/mol. The van der Waals surface area contributed by atoms with Crippen molar-refractivity contribution >= 4 is 22.4 Å². The van der Waals surface area contributed by atoms with Crippen LogP contribution in [0.1, 0.15) is 19.4 Å². The minimum atomic E-state index is -0.308. The largest absolute Gasteiger partial charge is 0.497 e. The van der Waals surface area contributed by atoms with Crippen molar-refractivity contribution in [1.29, 1.82) is 0 Å². The van der Waals surface area contributed by atoms with Crippen molar-refractivity contribution in [2.75, 3.05) is 12.4 Å². The molecule has 0 atom stereocenters. The molecule has 2 aromatic heterocycles. The van der Waals surface area contributed by atoms with Gasteiger partial charge in [-0.2, -0.15) is 0 Å². The van der Waals surface area contributed by atoms with Gasteiger partial charge in [-0.15, -0.1) is 0 Å². The number of nitrogens with zero attached hydrogens (tertiary/aromatic N) is 3. The third-order valence-corrected chi connectivity index (χ3v) is 5.48. The molecule has 0 saturated carbocycles. The van der Waals surface area contributed by atoms with Gasteiger partial charge < -0.3 is 14.6 Å². The van der Waals surface area contributed by atoms with E-state index in [0.29, 0.717) is 29.8 Å². The van der Waals surface area contributed by atoms with Crippen molar-refractivity contribution in [2.24, 2.45) is 13.0 Å². The lowest BCUT2D eigenvalue weighted by Gasteiger charge is -2.13. The molecule has 7 nitrogen and oxygen atoms in total. The highest BCUT2D eigenvalue weighted by atomic mass is 16.5. The summed E-state index contributed by atoms with van der Waals surface area (Å²) < 4.78 is 10.2. The predicted molar refractivity (Wildman–Crippen MR) is 128 cm³/mol. The third-order valence-electron chi connectivity index (χ3n) is 5.48. The smallest absolute Gasteiger partial charge is 0.331 e. The summed E-state index contributed by atoms with van der Waals surface area (Å²) in [6, 6.07) is 17.5. The number of hydrogen-bond acceptors (Lipinski definition) is 4. The van der Waals surface area contributed by atoms with Gasteiger partial charge in [0.1, 0.15) is 17.0 Å². The Labute approximate surface area is 186 Å². The van der Waals surface area contributed by atoms with Crippen LogP contribution in [0.3, 0.4) is 0 Å². The molecule has 4 rings (SSSR count). The second kappa shape index (κ2) is 8.78. The second-order valence-electron chi connectivity index (χ2n) is 8.36. The average Bonchev–Trinajstić information content (AvgIpc) is 3.14. The Morgan fingerprint density at radius 3 is 2.31 bits per heavy atom. The van der Waals surface area contributed by atoms with Crippen molar-refractivity contribution < 1.29 is 4.74 Å². The number of hydrogen-bond donors (Lipinski definition) is 1. The summed E-state index contributed by atoms with van der Waals surface area (Å²) in [5, 5.41) is 3.92. The molecule has 166 valence electrons. The van der Waals surface area contributed by atoms with Gasteiger partial charge in [0.25, 0.3) is 5.56 Å². The molecular formula is C25H28N4O3. The first-order valence-electron chi connectivity index (χ1n) is 10.7. The molecular weight excluding hydrogens is 404 g/mol. The van der Waals surface area contributed by atoms with E-state index in [9.17, 15) is 9.59 Å². The standard InChI is InChI=1S/C25H28N4O3/c1-17(2)14-29-21-16-28(15-18-10-12-20(32-4)13-11-18)23(26-19-8-6-5-7-9-19)22(21)24(30)27(3)25(29)31/h5-13,16-17,26H,14-15H2,1-4H3. The first-order valence-corrected chi connectivity index (χ1v) is 10.7. The fourth-order valence-electron chi connectivity index (χ4n) is 3.88. The molecule has 0 radical (unpaired) electrons. The molecule has 0 aliphatic rings. The number of rotatable bonds is 7. The minimum Gasteiger partial charge on any atom is -0.497 e. The number of fused-ring (bicyclic) bond motifs is 1. The van der Waals surface area contributed by atoms with Crippen LogP contribution >= 0.6 is 0 Å². The zero-order valence-corrected chi connectivity index (χ0v) is 18.8. The van der Waals surface area contributed by atoms with Crippen LogP contribution in [0.25, 0.3) is 10.9 Å². The van der Waals surface area contributed by atoms with Crippen LogP contribution in [-0.4, -0.2) is 20.8 Å². The molecule has 4 aromatic rings. The lowest BCUT2D eigenvalue weighted by Crippen LogP contribution is -2.38. The summed E-state index contributed by atoms with van der Waals surface area (Å²) in [5.74, 6) is 1.71. The summed E-state index contributed by atoms with van der Waals surface area (Å²) >= 11 is 0. The van der Waals surface area contributed by atoms with Crippen LogP contribution < -0.4 is 21.3 Å². The molecule has 7 heteroatoms. The summed E-state index contributed by atoms with van der Waals surface area (Å²) in [4.78, 5) is 26.2. The molecule has 0 saturated heterocycles. The monoisotopic (exact) mass is 432 g/mol. The molecule has 0 bridgehead atoms. The maximum Gasteiger partial charge on any atom is 0.331 e. The summed E-state index contributed by atoms with van der Waals surface area (Å²) in [6.45, 7) is 5.18. The highest BCUT2D eigenvalue weighted by Gasteiger charge is 2.20. The van der Waals surface area contributed by atoms with Gasteiger partial charge in [-0.1, -0.05) is 44.2 Å². The highest BCUT2D eigenvalue weighted by molar-refractivity contribution is 5.92. The van der Waals surface area contributed by atoms with Crippen molar-refractivity contribution in [3.63, 3.8) is 0 Å². The van der Waals surface area contributed by atoms with Gasteiger partial charge >= 0.3 is 5.69 Å². The third kappa shape index (κ3) is 4.06. The fourth-order valence-corrected chi connectivity index (χ4v) is 3.88. The van der Waals surface area contributed by atoms with E-state index in [2.05, 4.69) is 19.2 Å². The van der Waals surface area contributed by atoms with E-state index < -0.39 is 0 Å². The van der Waals surface area contributed by atoms with Crippen LogP contribution in [-0.2, 0) is 20.1 Å². The van der Waals surface area contributed by atoms with E-state index in [4.69, 9.17) is 4.74 Å². The molecule has 0 amide bonds. The van der Waals surface area contributed by atoms with E-state index in [1.165, 1.54) is 11.6 Å². The van der Waals surface area contributed by atoms with Gasteiger partial charge in [-0.25, -0.2) is 4.79 Å². The van der Waals surface area contributed by atoms with Crippen molar-refractivity contribution in [3.05, 3.63) is 87.2 Å². The molecule has 2 heterocycles. The molecule has 0 aliphatic carbocycles. The van der Waals surface area contributed by atoms with Gasteiger partial charge in [-0.05, 0) is 35.7 Å². The molecule has 0 aliphatic heterocycles. The highest BCUT2D eigenvalue weighted by Crippen LogP contribution is 2.27. The number of methoxy groups -OCH3 is 1. The van der Waals surface area contributed by atoms with E-state index in [-0.39, 0.29) is 17.2 Å². The van der Waals surface area contributed by atoms with Crippen LogP contribution in [0, 0.1) is 5.92 Å². The lowest BCUT2D eigenvalue weighted by atomic mass is 10.2. The maximum atomic E-state index is 13.2. The predicted octanol–water partition coefficient (Wildman–Crippen LogP) is 3.96. The van der Waals surface area contributed by atoms with Crippen LogP contribution in [0.4, 0.5) is 11.5 Å². The van der Waals surface area contributed by atoms with Crippen molar-refractivity contribution in [1.82, 2.24) is 13.7 Å². The maximum absolute atomic E-state index is 13.2. The SMILES string of the molecule is COc1ccc(Cn2cc3c(c2Nc2ccccc2)c(=O)n(C)c(=O)n3CC(C)C)cc1. The van der Waals surface area contributed by atoms with Gasteiger partial charge in [0.05, 0.1) is 12.6 Å². The van der Waals surface area contributed by atoms with Gasteiger partial charge in [0.15, 0.2) is 0 Å². The zero-order chi connectivity index (χ0) is 22.8. The zero-order valence-electron chi connectivity index (χ0n) is 18.8. The first-order chi connectivity index (χ1) is 15.4. The number of ether oxygens (including phenoxy) is 1. The van der Waals surface area contributed by atoms with Crippen LogP contribution in [0.2, 0.25) is 0 Å². The molecule has 0 fully saturated rings. The minimum absolute atomic E-state index is 0.254. The van der Waals surface area contributed by atoms with Crippen LogP contribution in [0.5, 0.6) is 5.75 Å². The summed E-state index contributed by atoms with van der Waals surface area (Å²) in [5.41, 5.74) is 1.95. The molecule has 0 unspecified atom stereocenters. The summed E-state index contributed by atoms with van der Waals surface area (Å²) in [7, 11) is 3.17. The van der Waals surface area contributed by atoms with Gasteiger partial charge in [-0.3, -0.25) is 13.9 Å². The topological polar surface area (TPSA) is 70.2 Å². The van der Waals surface area contributed by atoms with E-state index in [1.54, 1.807) is 11.7 Å². The quantitative estimate of drug-likeness (QED) is 0.480. The van der Waals surface area contributed by atoms with Crippen molar-refractivity contribution in [3.8, 4) is 5.75 Å². The van der Waals surface area contributed by atoms with E-state index in [0.717, 1.165) is 17.0 Å². The van der Waals surface area contributed by atoms with Gasteiger partial charge in [0, 0.05) is 32.0 Å². The molecule has 2 aromatic carbocycles. The Kier molecular flexibility index (Phi) is 5.90. The van der Waals surface area contributed by atoms with Crippen LogP contribution in [0.15, 0.2) is 70.4 Å². The Morgan fingerprint density at radius 2 is 1.69 bits per heavy atom. The lowest BCUT2D eigenvalue weighted by molar-refractivity contribution is 0.414. The Bertz CT molecular complexity index is 1350. The number of aromatic nitrogens is 3. The Hall–Kier alpha value is -3.74. The van der Waals surface area contributed by atoms with Gasteiger partial charge in [0.2, 0.25) is 0 Å². The molecule has 1 N–H and O–H groups in total. The van der Waals surface area contributed by atoms with E-state index >= 15 is 0 Å². The number of benzene rings is 2. The van der Waals surface area contributed by atoms with E-state index in [1.807, 2.05) is 65.4 Å². The number of para-hydroxylation sites is 1. The fraction of sp³-hybridized carbons (Fsp3) is 0.280. The Morgan fingerprint density at radius 1 is 1.00 bits per heavy atom. The number of anilines is 2.